The molecule has 0 spiro atoms. The van der Waals surface area contributed by atoms with Gasteiger partial charge in [0.05, 0.1) is 18.9 Å². The number of rotatable bonds is 4. The van der Waals surface area contributed by atoms with Gasteiger partial charge >= 0.3 is 0 Å². The Labute approximate surface area is 92.5 Å². The van der Waals surface area contributed by atoms with Gasteiger partial charge in [-0.3, -0.25) is 4.98 Å². The summed E-state index contributed by atoms with van der Waals surface area (Å²) >= 11 is 0. The average molecular weight is 221 g/mol. The molecule has 0 aliphatic carbocycles. The van der Waals surface area contributed by atoms with Crippen LogP contribution in [0.2, 0.25) is 0 Å². The van der Waals surface area contributed by atoms with Crippen LogP contribution in [0.15, 0.2) is 35.2 Å². The van der Waals surface area contributed by atoms with Crippen LogP contribution in [0.1, 0.15) is 24.3 Å². The predicted molar refractivity (Wildman–Crippen MR) is 56.0 cm³/mol. The summed E-state index contributed by atoms with van der Waals surface area (Å²) in [5, 5.41) is 6.79. The lowest BCUT2D eigenvalue weighted by molar-refractivity contribution is 0.366. The molecule has 0 radical (unpaired) electrons. The van der Waals surface area contributed by atoms with Crippen molar-refractivity contribution >= 4 is 0 Å². The van der Waals surface area contributed by atoms with Crippen LogP contribution >= 0.6 is 0 Å². The monoisotopic (exact) mass is 221 g/mol. The molecule has 4 nitrogen and oxygen atoms in total. The van der Waals surface area contributed by atoms with Crippen LogP contribution < -0.4 is 5.32 Å². The van der Waals surface area contributed by atoms with Gasteiger partial charge in [-0.05, 0) is 18.6 Å². The van der Waals surface area contributed by atoms with E-state index in [0.29, 0.717) is 6.54 Å². The summed E-state index contributed by atoms with van der Waals surface area (Å²) in [4.78, 5) is 3.80. The minimum absolute atomic E-state index is 0.00769. The number of halogens is 1. The van der Waals surface area contributed by atoms with Crippen LogP contribution in [0.4, 0.5) is 4.39 Å². The van der Waals surface area contributed by atoms with Crippen molar-refractivity contribution in [3.05, 3.63) is 47.9 Å². The third-order valence-electron chi connectivity index (χ3n) is 2.30. The quantitative estimate of drug-likeness (QED) is 0.858. The van der Waals surface area contributed by atoms with Gasteiger partial charge in [-0.2, -0.15) is 0 Å². The Balaban J connectivity index is 1.95. The summed E-state index contributed by atoms with van der Waals surface area (Å²) in [7, 11) is 0. The lowest BCUT2D eigenvalue weighted by Crippen LogP contribution is -2.18. The van der Waals surface area contributed by atoms with E-state index in [1.807, 2.05) is 6.92 Å². The lowest BCUT2D eigenvalue weighted by Gasteiger charge is -2.12. The van der Waals surface area contributed by atoms with E-state index < -0.39 is 0 Å². The molecule has 1 N–H and O–H groups in total. The molecule has 0 aliphatic heterocycles. The first kappa shape index (κ1) is 10.8. The van der Waals surface area contributed by atoms with E-state index >= 15 is 0 Å². The number of aromatic nitrogens is 2. The normalized spacial score (nSPS) is 12.6. The highest BCUT2D eigenvalue weighted by atomic mass is 19.1. The first-order valence-electron chi connectivity index (χ1n) is 4.99. The van der Waals surface area contributed by atoms with Crippen molar-refractivity contribution in [3.8, 4) is 0 Å². The molecular weight excluding hydrogens is 209 g/mol. The maximum atomic E-state index is 12.9. The summed E-state index contributed by atoms with van der Waals surface area (Å²) in [5.41, 5.74) is 0.805. The van der Waals surface area contributed by atoms with Gasteiger partial charge in [-0.25, -0.2) is 4.39 Å². The second kappa shape index (κ2) is 4.85. The summed E-state index contributed by atoms with van der Waals surface area (Å²) in [6, 6.07) is 3.25. The van der Waals surface area contributed by atoms with Gasteiger partial charge < -0.3 is 9.84 Å². The SMILES string of the molecule is CC(NCc1ccno1)c1cncc(F)c1. The maximum Gasteiger partial charge on any atom is 0.150 e. The maximum absolute atomic E-state index is 12.9. The van der Waals surface area contributed by atoms with Crippen LogP contribution in [-0.2, 0) is 6.54 Å². The van der Waals surface area contributed by atoms with E-state index in [9.17, 15) is 4.39 Å². The molecule has 2 rings (SSSR count). The Morgan fingerprint density at radius 2 is 2.38 bits per heavy atom. The molecule has 2 aromatic rings. The van der Waals surface area contributed by atoms with Crippen molar-refractivity contribution in [1.82, 2.24) is 15.5 Å². The Morgan fingerprint density at radius 1 is 1.50 bits per heavy atom. The number of nitrogens with one attached hydrogen (secondary N) is 1. The largest absolute Gasteiger partial charge is 0.360 e. The van der Waals surface area contributed by atoms with E-state index in [1.165, 1.54) is 12.3 Å². The first-order valence-corrected chi connectivity index (χ1v) is 4.99. The molecule has 0 fully saturated rings. The minimum Gasteiger partial charge on any atom is -0.360 e. The second-order valence-corrected chi connectivity index (χ2v) is 3.52. The van der Waals surface area contributed by atoms with Crippen LogP contribution in [0.5, 0.6) is 0 Å². The first-order chi connectivity index (χ1) is 7.75. The number of hydrogen-bond donors (Lipinski definition) is 1. The highest BCUT2D eigenvalue weighted by molar-refractivity contribution is 5.14. The Hall–Kier alpha value is -1.75. The molecule has 0 aliphatic rings. The van der Waals surface area contributed by atoms with Crippen molar-refractivity contribution in [2.24, 2.45) is 0 Å². The molecule has 5 heteroatoms. The van der Waals surface area contributed by atoms with E-state index in [1.54, 1.807) is 18.5 Å². The Morgan fingerprint density at radius 3 is 3.06 bits per heavy atom. The Kier molecular flexibility index (Phi) is 3.26. The Bertz CT molecular complexity index is 444. The fourth-order valence-corrected chi connectivity index (χ4v) is 1.37. The smallest absolute Gasteiger partial charge is 0.150 e. The molecular formula is C11H12FN3O. The number of pyridine rings is 1. The summed E-state index contributed by atoms with van der Waals surface area (Å²) < 4.78 is 17.9. The standard InChI is InChI=1S/C11H12FN3O/c1-8(9-4-10(12)6-13-5-9)14-7-11-2-3-15-16-11/h2-6,8,14H,7H2,1H3. The van der Waals surface area contributed by atoms with Crippen LogP contribution in [-0.4, -0.2) is 10.1 Å². The molecule has 1 atom stereocenters. The molecule has 84 valence electrons. The summed E-state index contributed by atoms with van der Waals surface area (Å²) in [6.45, 7) is 2.49. The van der Waals surface area contributed by atoms with Gasteiger partial charge in [0, 0.05) is 18.3 Å². The zero-order chi connectivity index (χ0) is 11.4. The van der Waals surface area contributed by atoms with Gasteiger partial charge in [0.1, 0.15) is 11.6 Å². The zero-order valence-corrected chi connectivity index (χ0v) is 8.85. The summed E-state index contributed by atoms with van der Waals surface area (Å²) in [5.74, 6) is 0.419. The van der Waals surface area contributed by atoms with Crippen molar-refractivity contribution in [2.75, 3.05) is 0 Å². The average Bonchev–Trinajstić information content (AvgIpc) is 2.78. The van der Waals surface area contributed by atoms with Crippen molar-refractivity contribution in [1.29, 1.82) is 0 Å². The van der Waals surface area contributed by atoms with Crippen molar-refractivity contribution in [3.63, 3.8) is 0 Å². The highest BCUT2D eigenvalue weighted by Crippen LogP contribution is 2.12. The van der Waals surface area contributed by atoms with Crippen molar-refractivity contribution in [2.45, 2.75) is 19.5 Å². The summed E-state index contributed by atoms with van der Waals surface area (Å²) in [6.07, 6.45) is 4.42. The highest BCUT2D eigenvalue weighted by Gasteiger charge is 2.07. The van der Waals surface area contributed by atoms with Gasteiger partial charge in [0.15, 0.2) is 0 Å². The van der Waals surface area contributed by atoms with E-state index in [-0.39, 0.29) is 11.9 Å². The third-order valence-corrected chi connectivity index (χ3v) is 2.30. The lowest BCUT2D eigenvalue weighted by atomic mass is 10.1. The predicted octanol–water partition coefficient (Wildman–Crippen LogP) is 2.06. The zero-order valence-electron chi connectivity index (χ0n) is 8.85. The number of nitrogens with zero attached hydrogens (tertiary/aromatic N) is 2. The van der Waals surface area contributed by atoms with E-state index in [4.69, 9.17) is 4.52 Å². The second-order valence-electron chi connectivity index (χ2n) is 3.52. The van der Waals surface area contributed by atoms with E-state index in [2.05, 4.69) is 15.5 Å². The molecule has 0 saturated carbocycles. The molecule has 16 heavy (non-hydrogen) atoms. The van der Waals surface area contributed by atoms with E-state index in [0.717, 1.165) is 11.3 Å². The third kappa shape index (κ3) is 2.64. The van der Waals surface area contributed by atoms with Gasteiger partial charge in [0.25, 0.3) is 0 Å². The number of hydrogen-bond acceptors (Lipinski definition) is 4. The molecule has 1 unspecified atom stereocenters. The van der Waals surface area contributed by atoms with Crippen LogP contribution in [0.25, 0.3) is 0 Å². The molecule has 2 heterocycles. The van der Waals surface area contributed by atoms with Gasteiger partial charge in [-0.15, -0.1) is 0 Å². The molecule has 0 amide bonds. The molecule has 0 bridgehead atoms. The minimum atomic E-state index is -0.328. The van der Waals surface area contributed by atoms with Gasteiger partial charge in [0.2, 0.25) is 0 Å². The molecule has 2 aromatic heterocycles. The van der Waals surface area contributed by atoms with Crippen LogP contribution in [0, 0.1) is 5.82 Å². The molecule has 0 aromatic carbocycles. The van der Waals surface area contributed by atoms with Crippen molar-refractivity contribution < 1.29 is 8.91 Å². The van der Waals surface area contributed by atoms with Gasteiger partial charge in [-0.1, -0.05) is 5.16 Å². The topological polar surface area (TPSA) is 51.0 Å². The van der Waals surface area contributed by atoms with Crippen LogP contribution in [0.3, 0.4) is 0 Å². The molecule has 0 saturated heterocycles. The fourth-order valence-electron chi connectivity index (χ4n) is 1.37. The fraction of sp³-hybridized carbons (Fsp3) is 0.273.